The number of furan rings is 1. The molecule has 1 saturated heterocycles. The number of methoxy groups -OCH3 is 1. The number of aromatic nitrogens is 2. The van der Waals surface area contributed by atoms with Crippen molar-refractivity contribution in [1.82, 2.24) is 19.8 Å². The molecule has 3 heterocycles. The third kappa shape index (κ3) is 5.66. The molecule has 182 valence electrons. The van der Waals surface area contributed by atoms with Crippen LogP contribution in [0, 0.1) is 0 Å². The summed E-state index contributed by atoms with van der Waals surface area (Å²) in [5, 5.41) is 2.72. The van der Waals surface area contributed by atoms with Crippen LogP contribution in [0.25, 0.3) is 11.0 Å². The van der Waals surface area contributed by atoms with Crippen molar-refractivity contribution in [3.05, 3.63) is 54.2 Å². The van der Waals surface area contributed by atoms with Gasteiger partial charge in [-0.1, -0.05) is 12.1 Å². The van der Waals surface area contributed by atoms with Crippen LogP contribution in [0.15, 0.2) is 47.1 Å². The minimum atomic E-state index is -0.467. The molecule has 9 heteroatoms. The smallest absolute Gasteiger partial charge is 0.287 e. The van der Waals surface area contributed by atoms with Gasteiger partial charge in [0.05, 0.1) is 17.3 Å². The zero-order valence-electron chi connectivity index (χ0n) is 19.6. The Labute approximate surface area is 199 Å². The van der Waals surface area contributed by atoms with Crippen LogP contribution < -0.4 is 11.1 Å². The van der Waals surface area contributed by atoms with E-state index >= 15 is 0 Å². The summed E-state index contributed by atoms with van der Waals surface area (Å²) in [5.74, 6) is 1.10. The molecule has 1 aromatic carbocycles. The van der Waals surface area contributed by atoms with Gasteiger partial charge < -0.3 is 29.7 Å². The highest BCUT2D eigenvalue weighted by Crippen LogP contribution is 2.30. The molecular formula is C25H33N5O4. The number of aryl methyl sites for hydroxylation is 1. The topological polar surface area (TPSA) is 116 Å². The van der Waals surface area contributed by atoms with E-state index < -0.39 is 6.04 Å². The number of carbonyl (C=O) groups excluding carboxylic acids is 2. The number of carbonyl (C=O) groups is 2. The van der Waals surface area contributed by atoms with E-state index in [-0.39, 0.29) is 36.5 Å². The molecule has 3 aromatic rings. The molecule has 1 aliphatic heterocycles. The van der Waals surface area contributed by atoms with Crippen LogP contribution in [-0.4, -0.2) is 65.7 Å². The summed E-state index contributed by atoms with van der Waals surface area (Å²) >= 11 is 0. The fraction of sp³-hybridized carbons (Fsp3) is 0.480. The lowest BCUT2D eigenvalue weighted by Gasteiger charge is -2.33. The Balaban J connectivity index is 1.38. The fourth-order valence-electron chi connectivity index (χ4n) is 4.57. The lowest BCUT2D eigenvalue weighted by Crippen LogP contribution is -2.45. The predicted octanol–water partition coefficient (Wildman–Crippen LogP) is 2.52. The summed E-state index contributed by atoms with van der Waals surface area (Å²) in [5.41, 5.74) is 8.25. The monoisotopic (exact) mass is 467 g/mol. The molecule has 2 aromatic heterocycles. The molecule has 0 saturated carbocycles. The van der Waals surface area contributed by atoms with Gasteiger partial charge in [-0.05, 0) is 43.5 Å². The van der Waals surface area contributed by atoms with Crippen molar-refractivity contribution in [2.45, 2.75) is 44.2 Å². The second kappa shape index (κ2) is 11.3. The Morgan fingerprint density at radius 3 is 2.94 bits per heavy atom. The molecule has 1 fully saturated rings. The number of rotatable bonds is 10. The van der Waals surface area contributed by atoms with Crippen LogP contribution in [0.5, 0.6) is 0 Å². The summed E-state index contributed by atoms with van der Waals surface area (Å²) in [6.07, 6.45) is 4.43. The van der Waals surface area contributed by atoms with Crippen molar-refractivity contribution in [2.24, 2.45) is 5.73 Å². The first kappa shape index (κ1) is 24.0. The van der Waals surface area contributed by atoms with Gasteiger partial charge >= 0.3 is 0 Å². The van der Waals surface area contributed by atoms with Gasteiger partial charge in [0.2, 0.25) is 5.91 Å². The highest BCUT2D eigenvalue weighted by Gasteiger charge is 2.29. The zero-order valence-corrected chi connectivity index (χ0v) is 19.6. The number of hydrogen-bond donors (Lipinski definition) is 2. The van der Waals surface area contributed by atoms with Crippen molar-refractivity contribution in [3.63, 3.8) is 0 Å². The maximum atomic E-state index is 13.0. The number of nitrogens with zero attached hydrogens (tertiary/aromatic N) is 3. The Kier molecular flexibility index (Phi) is 7.97. The van der Waals surface area contributed by atoms with Gasteiger partial charge in [0.1, 0.15) is 5.82 Å². The Morgan fingerprint density at radius 2 is 2.15 bits per heavy atom. The fourth-order valence-corrected chi connectivity index (χ4v) is 4.57. The van der Waals surface area contributed by atoms with E-state index in [2.05, 4.69) is 16.0 Å². The molecule has 1 aliphatic rings. The molecule has 0 aliphatic carbocycles. The van der Waals surface area contributed by atoms with Crippen LogP contribution in [0.4, 0.5) is 0 Å². The molecule has 34 heavy (non-hydrogen) atoms. The summed E-state index contributed by atoms with van der Waals surface area (Å²) in [6, 6.07) is 10.9. The average Bonchev–Trinajstić information content (AvgIpc) is 3.52. The second-order valence-corrected chi connectivity index (χ2v) is 8.79. The van der Waals surface area contributed by atoms with E-state index in [4.69, 9.17) is 19.9 Å². The lowest BCUT2D eigenvalue weighted by molar-refractivity contribution is -0.132. The van der Waals surface area contributed by atoms with Crippen LogP contribution in [0.2, 0.25) is 0 Å². The SMILES string of the molecule is COCCCn1c([C@@H]2CCCN(C(=O)C[C@H](N)CNC(=O)c3ccco3)C2)nc2ccccc21. The number of nitrogens with one attached hydrogen (secondary N) is 1. The van der Waals surface area contributed by atoms with Gasteiger partial charge in [-0.3, -0.25) is 9.59 Å². The molecule has 4 rings (SSSR count). The third-order valence-corrected chi connectivity index (χ3v) is 6.26. The van der Waals surface area contributed by atoms with Crippen molar-refractivity contribution >= 4 is 22.8 Å². The minimum absolute atomic E-state index is 0.00601. The molecule has 0 unspecified atom stereocenters. The van der Waals surface area contributed by atoms with Gasteiger partial charge in [0.25, 0.3) is 5.91 Å². The number of para-hydroxylation sites is 2. The molecule has 0 spiro atoms. The second-order valence-electron chi connectivity index (χ2n) is 8.79. The number of hydrogen-bond acceptors (Lipinski definition) is 6. The molecule has 0 radical (unpaired) electrons. The Hall–Kier alpha value is -3.17. The van der Waals surface area contributed by atoms with Crippen molar-refractivity contribution in [1.29, 1.82) is 0 Å². The molecule has 0 bridgehead atoms. The van der Waals surface area contributed by atoms with Crippen LogP contribution in [0.1, 0.15) is 48.0 Å². The summed E-state index contributed by atoms with van der Waals surface area (Å²) < 4.78 is 12.6. The van der Waals surface area contributed by atoms with Crippen LogP contribution >= 0.6 is 0 Å². The lowest BCUT2D eigenvalue weighted by atomic mass is 9.96. The zero-order chi connectivity index (χ0) is 23.9. The molecule has 2 atom stereocenters. The number of benzene rings is 1. The first-order chi connectivity index (χ1) is 16.6. The number of ether oxygens (including phenoxy) is 1. The number of piperidine rings is 1. The maximum Gasteiger partial charge on any atom is 0.287 e. The summed E-state index contributed by atoms with van der Waals surface area (Å²) in [4.78, 5) is 31.9. The number of imidazole rings is 1. The van der Waals surface area contributed by atoms with E-state index in [0.717, 1.165) is 42.7 Å². The average molecular weight is 468 g/mol. The summed E-state index contributed by atoms with van der Waals surface area (Å²) in [6.45, 7) is 3.06. The quantitative estimate of drug-likeness (QED) is 0.443. The molecule has 2 amide bonds. The van der Waals surface area contributed by atoms with Gasteiger partial charge in [-0.15, -0.1) is 0 Å². The van der Waals surface area contributed by atoms with Crippen molar-refractivity contribution < 1.29 is 18.7 Å². The highest BCUT2D eigenvalue weighted by molar-refractivity contribution is 5.91. The summed E-state index contributed by atoms with van der Waals surface area (Å²) in [7, 11) is 1.71. The van der Waals surface area contributed by atoms with Gasteiger partial charge in [-0.2, -0.15) is 0 Å². The standard InChI is InChI=1S/C25H33N5O4/c1-33-13-6-12-30-21-9-3-2-8-20(21)28-24(30)18-7-4-11-29(17-18)23(31)15-19(26)16-27-25(32)22-10-5-14-34-22/h2-3,5,8-10,14,18-19H,4,6-7,11-13,15-17,26H2,1H3,(H,27,32)/t18-,19+/m1/s1. The number of fused-ring (bicyclic) bond motifs is 1. The number of likely N-dealkylation sites (tertiary alicyclic amines) is 1. The van der Waals surface area contributed by atoms with Gasteiger partial charge in [0, 0.05) is 58.3 Å². The van der Waals surface area contributed by atoms with Crippen molar-refractivity contribution in [3.8, 4) is 0 Å². The van der Waals surface area contributed by atoms with E-state index in [1.165, 1.54) is 6.26 Å². The predicted molar refractivity (Wildman–Crippen MR) is 128 cm³/mol. The number of amides is 2. The Morgan fingerprint density at radius 1 is 1.29 bits per heavy atom. The molecular weight excluding hydrogens is 434 g/mol. The highest BCUT2D eigenvalue weighted by atomic mass is 16.5. The molecule has 3 N–H and O–H groups in total. The van der Waals surface area contributed by atoms with E-state index in [1.807, 2.05) is 23.1 Å². The van der Waals surface area contributed by atoms with Crippen LogP contribution in [-0.2, 0) is 16.1 Å². The number of nitrogens with two attached hydrogens (primary N) is 1. The Bertz CT molecular complexity index is 1090. The van der Waals surface area contributed by atoms with Gasteiger partial charge in [0.15, 0.2) is 5.76 Å². The van der Waals surface area contributed by atoms with Crippen molar-refractivity contribution in [2.75, 3.05) is 33.4 Å². The maximum absolute atomic E-state index is 13.0. The first-order valence-corrected chi connectivity index (χ1v) is 11.9. The largest absolute Gasteiger partial charge is 0.459 e. The van der Waals surface area contributed by atoms with E-state index in [0.29, 0.717) is 19.7 Å². The normalized spacial score (nSPS) is 17.1. The molecule has 9 nitrogen and oxygen atoms in total. The van der Waals surface area contributed by atoms with Gasteiger partial charge in [-0.25, -0.2) is 4.98 Å². The van der Waals surface area contributed by atoms with Crippen LogP contribution in [0.3, 0.4) is 0 Å². The third-order valence-electron chi connectivity index (χ3n) is 6.26. The van der Waals surface area contributed by atoms with E-state index in [9.17, 15) is 9.59 Å². The van der Waals surface area contributed by atoms with E-state index in [1.54, 1.807) is 19.2 Å². The first-order valence-electron chi connectivity index (χ1n) is 11.9. The minimum Gasteiger partial charge on any atom is -0.459 e.